The van der Waals surface area contributed by atoms with E-state index < -0.39 is 6.10 Å². The number of aliphatic hydroxyl groups excluding tert-OH is 2. The molecule has 5 nitrogen and oxygen atoms in total. The minimum Gasteiger partial charge on any atom is -0.394 e. The molecule has 3 N–H and O–H groups in total. The highest BCUT2D eigenvalue weighted by atomic mass is 16.3. The Morgan fingerprint density at radius 2 is 2.17 bits per heavy atom. The first kappa shape index (κ1) is 14.4. The molecule has 0 radical (unpaired) electrons. The molecule has 1 heterocycles. The van der Waals surface area contributed by atoms with Crippen molar-refractivity contribution in [3.05, 3.63) is 23.4 Å². The van der Waals surface area contributed by atoms with Crippen molar-refractivity contribution in [2.75, 3.05) is 18.5 Å². The normalized spacial score (nSPS) is 12.2. The van der Waals surface area contributed by atoms with Gasteiger partial charge in [-0.2, -0.15) is 5.26 Å². The van der Waals surface area contributed by atoms with Gasteiger partial charge in [0.25, 0.3) is 0 Å². The van der Waals surface area contributed by atoms with Crippen LogP contribution in [0.15, 0.2) is 12.1 Å². The molecule has 18 heavy (non-hydrogen) atoms. The predicted molar refractivity (Wildman–Crippen MR) is 69.2 cm³/mol. The first-order valence-corrected chi connectivity index (χ1v) is 6.02. The lowest BCUT2D eigenvalue weighted by Crippen LogP contribution is -2.18. The Balaban J connectivity index is 2.73. The Bertz CT molecular complexity index is 427. The van der Waals surface area contributed by atoms with Crippen LogP contribution in [0.4, 0.5) is 5.82 Å². The number of nitriles is 1. The zero-order valence-electron chi connectivity index (χ0n) is 10.7. The van der Waals surface area contributed by atoms with E-state index in [9.17, 15) is 5.11 Å². The summed E-state index contributed by atoms with van der Waals surface area (Å²) in [6, 6.07) is 5.66. The minimum atomic E-state index is -0.740. The Morgan fingerprint density at radius 1 is 1.44 bits per heavy atom. The molecular formula is C13H19N3O2. The number of nitrogens with one attached hydrogen (secondary N) is 1. The van der Waals surface area contributed by atoms with Crippen LogP contribution >= 0.6 is 0 Å². The Labute approximate surface area is 107 Å². The minimum absolute atomic E-state index is 0.258. The zero-order valence-corrected chi connectivity index (χ0v) is 10.7. The number of anilines is 1. The largest absolute Gasteiger partial charge is 0.394 e. The molecule has 0 unspecified atom stereocenters. The van der Waals surface area contributed by atoms with E-state index in [1.54, 1.807) is 6.07 Å². The third kappa shape index (κ3) is 3.99. The maximum absolute atomic E-state index is 9.23. The lowest BCUT2D eigenvalue weighted by Gasteiger charge is -2.12. The molecule has 1 aromatic rings. The smallest absolute Gasteiger partial charge is 0.144 e. The summed E-state index contributed by atoms with van der Waals surface area (Å²) >= 11 is 0. The fourth-order valence-corrected chi connectivity index (χ4v) is 1.47. The quantitative estimate of drug-likeness (QED) is 0.705. The van der Waals surface area contributed by atoms with Crippen molar-refractivity contribution in [3.8, 4) is 6.07 Å². The lowest BCUT2D eigenvalue weighted by molar-refractivity contribution is 0.0911. The van der Waals surface area contributed by atoms with Gasteiger partial charge in [-0.15, -0.1) is 0 Å². The van der Waals surface area contributed by atoms with E-state index in [1.165, 1.54) is 0 Å². The van der Waals surface area contributed by atoms with Crippen LogP contribution in [-0.4, -0.2) is 34.5 Å². The van der Waals surface area contributed by atoms with Gasteiger partial charge in [0, 0.05) is 12.2 Å². The molecule has 1 atom stereocenters. The summed E-state index contributed by atoms with van der Waals surface area (Å²) in [6.07, 6.45) is -0.328. The van der Waals surface area contributed by atoms with Gasteiger partial charge in [-0.05, 0) is 24.5 Å². The second kappa shape index (κ2) is 6.94. The highest BCUT2D eigenvalue weighted by Crippen LogP contribution is 2.18. The van der Waals surface area contributed by atoms with Gasteiger partial charge in [-0.25, -0.2) is 4.98 Å². The van der Waals surface area contributed by atoms with Crippen LogP contribution in [0.25, 0.3) is 0 Å². The van der Waals surface area contributed by atoms with E-state index in [2.05, 4.69) is 16.4 Å². The molecule has 0 spiro atoms. The van der Waals surface area contributed by atoms with Crippen LogP contribution in [0.1, 0.15) is 37.4 Å². The third-order valence-corrected chi connectivity index (χ3v) is 2.61. The molecule has 0 aliphatic rings. The van der Waals surface area contributed by atoms with E-state index in [-0.39, 0.29) is 6.61 Å². The second-order valence-corrected chi connectivity index (χ2v) is 4.45. The summed E-state index contributed by atoms with van der Waals surface area (Å²) in [5.41, 5.74) is 1.40. The van der Waals surface area contributed by atoms with E-state index in [0.717, 1.165) is 5.69 Å². The van der Waals surface area contributed by atoms with Crippen molar-refractivity contribution >= 4 is 5.82 Å². The summed E-state index contributed by atoms with van der Waals surface area (Å²) in [7, 11) is 0. The average molecular weight is 249 g/mol. The van der Waals surface area contributed by atoms with Crippen molar-refractivity contribution in [3.63, 3.8) is 0 Å². The molecule has 0 saturated carbocycles. The molecule has 1 aromatic heterocycles. The molecule has 5 heteroatoms. The topological polar surface area (TPSA) is 89.2 Å². The maximum atomic E-state index is 9.23. The van der Waals surface area contributed by atoms with Crippen molar-refractivity contribution in [1.82, 2.24) is 4.98 Å². The molecule has 0 aliphatic heterocycles. The van der Waals surface area contributed by atoms with Crippen LogP contribution in [0.5, 0.6) is 0 Å². The van der Waals surface area contributed by atoms with Gasteiger partial charge in [0.1, 0.15) is 11.9 Å². The van der Waals surface area contributed by atoms with Crippen LogP contribution in [0.2, 0.25) is 0 Å². The number of pyridine rings is 1. The molecule has 0 saturated heterocycles. The highest BCUT2D eigenvalue weighted by Gasteiger charge is 2.08. The van der Waals surface area contributed by atoms with Gasteiger partial charge >= 0.3 is 0 Å². The predicted octanol–water partition coefficient (Wildman–Crippen LogP) is 1.23. The van der Waals surface area contributed by atoms with E-state index >= 15 is 0 Å². The Hall–Kier alpha value is -1.64. The summed E-state index contributed by atoms with van der Waals surface area (Å²) < 4.78 is 0. The third-order valence-electron chi connectivity index (χ3n) is 2.61. The zero-order chi connectivity index (χ0) is 13.5. The van der Waals surface area contributed by atoms with Gasteiger partial charge < -0.3 is 15.5 Å². The van der Waals surface area contributed by atoms with Crippen molar-refractivity contribution in [2.45, 2.75) is 32.3 Å². The summed E-state index contributed by atoms with van der Waals surface area (Å²) in [5, 5.41) is 29.9. The molecule has 0 bridgehead atoms. The van der Waals surface area contributed by atoms with E-state index in [1.807, 2.05) is 19.9 Å². The monoisotopic (exact) mass is 249 g/mol. The van der Waals surface area contributed by atoms with Crippen LogP contribution < -0.4 is 5.32 Å². The number of rotatable bonds is 6. The molecule has 98 valence electrons. The SMILES string of the molecule is CC(C)c1ccc(C#N)c(NCC[C@H](O)CO)n1. The van der Waals surface area contributed by atoms with Crippen LogP contribution in [0, 0.1) is 11.3 Å². The van der Waals surface area contributed by atoms with E-state index in [0.29, 0.717) is 30.3 Å². The van der Waals surface area contributed by atoms with E-state index in [4.69, 9.17) is 10.4 Å². The molecule has 1 rings (SSSR count). The highest BCUT2D eigenvalue weighted by molar-refractivity contribution is 5.52. The van der Waals surface area contributed by atoms with Crippen molar-refractivity contribution < 1.29 is 10.2 Å². The standard InChI is InChI=1S/C13H19N3O2/c1-9(2)12-4-3-10(7-14)13(16-12)15-6-5-11(18)8-17/h3-4,9,11,17-18H,5-6,8H2,1-2H3,(H,15,16)/t11-/m0/s1. The second-order valence-electron chi connectivity index (χ2n) is 4.45. The molecule has 0 aliphatic carbocycles. The first-order valence-electron chi connectivity index (χ1n) is 6.02. The van der Waals surface area contributed by atoms with Gasteiger partial charge in [0.15, 0.2) is 0 Å². The number of aliphatic hydroxyl groups is 2. The Kier molecular flexibility index (Phi) is 5.56. The molecular weight excluding hydrogens is 230 g/mol. The lowest BCUT2D eigenvalue weighted by atomic mass is 10.1. The van der Waals surface area contributed by atoms with Gasteiger partial charge in [0.2, 0.25) is 0 Å². The molecule has 0 aromatic carbocycles. The fourth-order valence-electron chi connectivity index (χ4n) is 1.47. The number of aromatic nitrogens is 1. The average Bonchev–Trinajstić information content (AvgIpc) is 2.38. The van der Waals surface area contributed by atoms with Gasteiger partial charge in [-0.3, -0.25) is 0 Å². The summed E-state index contributed by atoms with van der Waals surface area (Å²) in [6.45, 7) is 4.28. The van der Waals surface area contributed by atoms with Gasteiger partial charge in [-0.1, -0.05) is 13.8 Å². The summed E-state index contributed by atoms with van der Waals surface area (Å²) in [5.74, 6) is 0.829. The van der Waals surface area contributed by atoms with Crippen molar-refractivity contribution in [2.24, 2.45) is 0 Å². The first-order chi connectivity index (χ1) is 8.58. The number of hydrogen-bond donors (Lipinski definition) is 3. The number of hydrogen-bond acceptors (Lipinski definition) is 5. The molecule has 0 fully saturated rings. The summed E-state index contributed by atoms with van der Waals surface area (Å²) in [4.78, 5) is 4.39. The van der Waals surface area contributed by atoms with Crippen LogP contribution in [0.3, 0.4) is 0 Å². The molecule has 0 amide bonds. The fraction of sp³-hybridized carbons (Fsp3) is 0.538. The van der Waals surface area contributed by atoms with Crippen LogP contribution in [-0.2, 0) is 0 Å². The Morgan fingerprint density at radius 3 is 2.72 bits per heavy atom. The van der Waals surface area contributed by atoms with Crippen molar-refractivity contribution in [1.29, 1.82) is 5.26 Å². The maximum Gasteiger partial charge on any atom is 0.144 e. The van der Waals surface area contributed by atoms with Gasteiger partial charge in [0.05, 0.1) is 18.3 Å². The number of nitrogens with zero attached hydrogens (tertiary/aromatic N) is 2.